The van der Waals surface area contributed by atoms with Crippen molar-refractivity contribution in [3.63, 3.8) is 0 Å². The molecule has 1 unspecified atom stereocenters. The third kappa shape index (κ3) is 4.10. The Hall–Kier alpha value is -0.610. The minimum absolute atomic E-state index is 0.00462. The number of carbonyl (C=O) groups is 1. The molecule has 1 aliphatic rings. The lowest BCUT2D eigenvalue weighted by Crippen LogP contribution is -2.37. The Morgan fingerprint density at radius 2 is 2.25 bits per heavy atom. The van der Waals surface area contributed by atoms with E-state index >= 15 is 0 Å². The summed E-state index contributed by atoms with van der Waals surface area (Å²) in [7, 11) is 1.42. The van der Waals surface area contributed by atoms with Gasteiger partial charge in [-0.25, -0.2) is 0 Å². The van der Waals surface area contributed by atoms with Gasteiger partial charge in [-0.05, 0) is 33.2 Å². The van der Waals surface area contributed by atoms with E-state index in [9.17, 15) is 4.79 Å². The van der Waals surface area contributed by atoms with E-state index in [1.165, 1.54) is 7.11 Å². The predicted molar refractivity (Wildman–Crippen MR) is 62.3 cm³/mol. The van der Waals surface area contributed by atoms with E-state index in [2.05, 4.69) is 23.5 Å². The van der Waals surface area contributed by atoms with Gasteiger partial charge in [-0.3, -0.25) is 9.69 Å². The zero-order valence-electron chi connectivity index (χ0n) is 10.8. The Balaban J connectivity index is 2.36. The molecule has 0 aromatic rings. The smallest absolute Gasteiger partial charge is 0.319 e. The summed E-state index contributed by atoms with van der Waals surface area (Å²) in [5, 5.41) is 0. The summed E-state index contributed by atoms with van der Waals surface area (Å²) < 4.78 is 10.6. The summed E-state index contributed by atoms with van der Waals surface area (Å²) in [6.45, 7) is 8.29. The molecule has 1 fully saturated rings. The molecule has 0 bridgehead atoms. The molecular formula is C12H23NO3. The van der Waals surface area contributed by atoms with Gasteiger partial charge in [-0.15, -0.1) is 0 Å². The molecule has 0 amide bonds. The van der Waals surface area contributed by atoms with Crippen LogP contribution in [0.25, 0.3) is 0 Å². The standard InChI is InChI=1S/C12H23NO3/c1-5-13(9-11(14)15-4)8-10-6-7-12(2,3)16-10/h10H,5-9H2,1-4H3. The van der Waals surface area contributed by atoms with Gasteiger partial charge in [-0.1, -0.05) is 6.92 Å². The maximum absolute atomic E-state index is 11.2. The summed E-state index contributed by atoms with van der Waals surface area (Å²) in [6.07, 6.45) is 2.41. The highest BCUT2D eigenvalue weighted by atomic mass is 16.5. The maximum atomic E-state index is 11.2. The van der Waals surface area contributed by atoms with E-state index < -0.39 is 0 Å². The highest BCUT2D eigenvalue weighted by Crippen LogP contribution is 2.29. The summed E-state index contributed by atoms with van der Waals surface area (Å²) >= 11 is 0. The molecule has 1 heterocycles. The number of rotatable bonds is 5. The van der Waals surface area contributed by atoms with Crippen molar-refractivity contribution in [1.29, 1.82) is 0 Å². The van der Waals surface area contributed by atoms with Crippen LogP contribution in [0.1, 0.15) is 33.6 Å². The average Bonchev–Trinajstić information content (AvgIpc) is 2.56. The van der Waals surface area contributed by atoms with Crippen molar-refractivity contribution in [2.45, 2.75) is 45.3 Å². The van der Waals surface area contributed by atoms with Crippen LogP contribution in [0.3, 0.4) is 0 Å². The van der Waals surface area contributed by atoms with Crippen molar-refractivity contribution in [1.82, 2.24) is 4.90 Å². The second kappa shape index (κ2) is 5.64. The zero-order valence-corrected chi connectivity index (χ0v) is 10.8. The first-order valence-electron chi connectivity index (χ1n) is 5.94. The molecule has 4 nitrogen and oxygen atoms in total. The molecule has 0 aliphatic carbocycles. The summed E-state index contributed by atoms with van der Waals surface area (Å²) in [5.41, 5.74) is -0.00462. The van der Waals surface area contributed by atoms with Gasteiger partial charge >= 0.3 is 5.97 Å². The molecule has 1 saturated heterocycles. The number of hydrogen-bond acceptors (Lipinski definition) is 4. The van der Waals surface area contributed by atoms with Crippen molar-refractivity contribution in [2.75, 3.05) is 26.7 Å². The van der Waals surface area contributed by atoms with Crippen molar-refractivity contribution in [3.8, 4) is 0 Å². The topological polar surface area (TPSA) is 38.8 Å². The van der Waals surface area contributed by atoms with Crippen LogP contribution in [0.15, 0.2) is 0 Å². The van der Waals surface area contributed by atoms with E-state index in [1.54, 1.807) is 0 Å². The molecular weight excluding hydrogens is 206 g/mol. The quantitative estimate of drug-likeness (QED) is 0.669. The Labute approximate surface area is 97.9 Å². The van der Waals surface area contributed by atoms with Gasteiger partial charge in [-0.2, -0.15) is 0 Å². The van der Waals surface area contributed by atoms with Gasteiger partial charge in [0.1, 0.15) is 0 Å². The van der Waals surface area contributed by atoms with E-state index in [4.69, 9.17) is 4.74 Å². The fraction of sp³-hybridized carbons (Fsp3) is 0.917. The Bertz CT molecular complexity index is 240. The van der Waals surface area contributed by atoms with Crippen LogP contribution in [-0.2, 0) is 14.3 Å². The SMILES string of the molecule is CCN(CC(=O)OC)CC1CCC(C)(C)O1. The molecule has 16 heavy (non-hydrogen) atoms. The normalized spacial score (nSPS) is 23.7. The second-order valence-corrected chi connectivity index (χ2v) is 4.94. The first-order chi connectivity index (χ1) is 7.46. The van der Waals surface area contributed by atoms with E-state index in [0.717, 1.165) is 25.9 Å². The summed E-state index contributed by atoms with van der Waals surface area (Å²) in [4.78, 5) is 13.2. The van der Waals surface area contributed by atoms with E-state index in [-0.39, 0.29) is 17.7 Å². The van der Waals surface area contributed by atoms with Crippen LogP contribution in [0.5, 0.6) is 0 Å². The average molecular weight is 229 g/mol. The maximum Gasteiger partial charge on any atom is 0.319 e. The monoisotopic (exact) mass is 229 g/mol. The molecule has 4 heteroatoms. The molecule has 0 spiro atoms. The number of likely N-dealkylation sites (N-methyl/N-ethyl adjacent to an activating group) is 1. The molecule has 0 aromatic heterocycles. The van der Waals surface area contributed by atoms with Crippen molar-refractivity contribution in [3.05, 3.63) is 0 Å². The number of carbonyl (C=O) groups excluding carboxylic acids is 1. The molecule has 94 valence electrons. The lowest BCUT2D eigenvalue weighted by molar-refractivity contribution is -0.142. The van der Waals surface area contributed by atoms with Crippen LogP contribution in [0, 0.1) is 0 Å². The van der Waals surface area contributed by atoms with Crippen LogP contribution >= 0.6 is 0 Å². The third-order valence-corrected chi connectivity index (χ3v) is 3.04. The van der Waals surface area contributed by atoms with Crippen LogP contribution in [-0.4, -0.2) is 49.3 Å². The van der Waals surface area contributed by atoms with Crippen molar-refractivity contribution < 1.29 is 14.3 Å². The summed E-state index contributed by atoms with van der Waals surface area (Å²) in [6, 6.07) is 0. The van der Waals surface area contributed by atoms with Gasteiger partial charge in [0, 0.05) is 6.54 Å². The number of esters is 1. The van der Waals surface area contributed by atoms with Crippen LogP contribution in [0.4, 0.5) is 0 Å². The minimum atomic E-state index is -0.181. The van der Waals surface area contributed by atoms with Gasteiger partial charge in [0.15, 0.2) is 0 Å². The Morgan fingerprint density at radius 1 is 1.56 bits per heavy atom. The van der Waals surface area contributed by atoms with Crippen LogP contribution in [0.2, 0.25) is 0 Å². The zero-order chi connectivity index (χ0) is 12.2. The summed E-state index contributed by atoms with van der Waals surface area (Å²) in [5.74, 6) is -0.181. The van der Waals surface area contributed by atoms with Crippen LogP contribution < -0.4 is 0 Å². The number of nitrogens with zero attached hydrogens (tertiary/aromatic N) is 1. The number of ether oxygens (including phenoxy) is 2. The molecule has 1 rings (SSSR count). The molecule has 1 atom stereocenters. The molecule has 0 saturated carbocycles. The molecule has 0 radical (unpaired) electrons. The minimum Gasteiger partial charge on any atom is -0.468 e. The Morgan fingerprint density at radius 3 is 2.69 bits per heavy atom. The Kier molecular flexibility index (Phi) is 4.74. The van der Waals surface area contributed by atoms with Gasteiger partial charge in [0.05, 0.1) is 25.4 Å². The third-order valence-electron chi connectivity index (χ3n) is 3.04. The van der Waals surface area contributed by atoms with Gasteiger partial charge in [0.2, 0.25) is 0 Å². The second-order valence-electron chi connectivity index (χ2n) is 4.94. The lowest BCUT2D eigenvalue weighted by atomic mass is 10.1. The number of methoxy groups -OCH3 is 1. The lowest BCUT2D eigenvalue weighted by Gasteiger charge is -2.24. The first-order valence-corrected chi connectivity index (χ1v) is 5.94. The fourth-order valence-electron chi connectivity index (χ4n) is 2.05. The highest BCUT2D eigenvalue weighted by Gasteiger charge is 2.32. The van der Waals surface area contributed by atoms with E-state index in [0.29, 0.717) is 6.54 Å². The highest BCUT2D eigenvalue weighted by molar-refractivity contribution is 5.71. The van der Waals surface area contributed by atoms with Gasteiger partial charge < -0.3 is 9.47 Å². The van der Waals surface area contributed by atoms with Crippen molar-refractivity contribution >= 4 is 5.97 Å². The molecule has 0 N–H and O–H groups in total. The largest absolute Gasteiger partial charge is 0.468 e. The first kappa shape index (κ1) is 13.5. The predicted octanol–water partition coefficient (Wildman–Crippen LogP) is 1.44. The van der Waals surface area contributed by atoms with Gasteiger partial charge in [0.25, 0.3) is 0 Å². The number of hydrogen-bond donors (Lipinski definition) is 0. The van der Waals surface area contributed by atoms with Crippen molar-refractivity contribution in [2.24, 2.45) is 0 Å². The fourth-order valence-corrected chi connectivity index (χ4v) is 2.05. The molecule has 1 aliphatic heterocycles. The van der Waals surface area contributed by atoms with E-state index in [1.807, 2.05) is 6.92 Å². The molecule has 0 aromatic carbocycles.